The van der Waals surface area contributed by atoms with Gasteiger partial charge in [0.15, 0.2) is 11.5 Å². The number of rotatable bonds is 1. The first kappa shape index (κ1) is 10.2. The van der Waals surface area contributed by atoms with E-state index in [1.165, 1.54) is 12.8 Å². The number of fused-ring (bicyclic) bond motifs is 1. The summed E-state index contributed by atoms with van der Waals surface area (Å²) in [5, 5.41) is 12.0. The van der Waals surface area contributed by atoms with Crippen LogP contribution in [0, 0.1) is 0 Å². The van der Waals surface area contributed by atoms with Gasteiger partial charge in [0.1, 0.15) is 0 Å². The molecule has 1 unspecified atom stereocenters. The predicted octanol–water partition coefficient (Wildman–Crippen LogP) is 2.31. The van der Waals surface area contributed by atoms with Gasteiger partial charge in [-0.1, -0.05) is 22.4 Å². The van der Waals surface area contributed by atoms with Crippen LogP contribution in [0.15, 0.2) is 22.8 Å². The largest absolute Gasteiger partial charge is 0.307 e. The quantitative estimate of drug-likeness (QED) is 0.872. The van der Waals surface area contributed by atoms with Crippen molar-refractivity contribution in [3.05, 3.63) is 28.6 Å². The van der Waals surface area contributed by atoms with Gasteiger partial charge in [0.05, 0.1) is 6.04 Å². The highest BCUT2D eigenvalue weighted by molar-refractivity contribution is 9.10. The average Bonchev–Trinajstić information content (AvgIpc) is 2.73. The highest BCUT2D eigenvalue weighted by Crippen LogP contribution is 2.22. The van der Waals surface area contributed by atoms with Crippen molar-refractivity contribution < 1.29 is 0 Å². The molecule has 1 aliphatic rings. The fraction of sp³-hybridized carbons (Fsp3) is 0.455. The van der Waals surface area contributed by atoms with E-state index >= 15 is 0 Å². The van der Waals surface area contributed by atoms with E-state index in [-0.39, 0.29) is 0 Å². The highest BCUT2D eigenvalue weighted by Gasteiger charge is 2.19. The summed E-state index contributed by atoms with van der Waals surface area (Å²) in [6.07, 6.45) is 5.70. The van der Waals surface area contributed by atoms with Crippen molar-refractivity contribution in [2.24, 2.45) is 0 Å². The normalized spacial score (nSPS) is 21.4. The van der Waals surface area contributed by atoms with Crippen LogP contribution in [0.1, 0.15) is 31.1 Å². The van der Waals surface area contributed by atoms with Crippen molar-refractivity contribution in [2.75, 3.05) is 6.54 Å². The van der Waals surface area contributed by atoms with E-state index in [1.54, 1.807) is 0 Å². The van der Waals surface area contributed by atoms with Crippen molar-refractivity contribution in [1.82, 2.24) is 19.9 Å². The number of aromatic nitrogens is 3. The standard InChI is InChI=1S/C11H13BrN4/c12-8-4-6-16-10(7-8)14-15-11(16)9-3-1-2-5-13-9/h4,6-7,9,13H,1-3,5H2. The molecule has 0 bridgehead atoms. The molecular weight excluding hydrogens is 268 g/mol. The van der Waals surface area contributed by atoms with Gasteiger partial charge >= 0.3 is 0 Å². The number of hydrogen-bond donors (Lipinski definition) is 1. The van der Waals surface area contributed by atoms with Gasteiger partial charge < -0.3 is 5.32 Å². The van der Waals surface area contributed by atoms with Crippen LogP contribution >= 0.6 is 15.9 Å². The number of hydrogen-bond acceptors (Lipinski definition) is 3. The van der Waals surface area contributed by atoms with Crippen molar-refractivity contribution >= 4 is 21.6 Å². The van der Waals surface area contributed by atoms with Gasteiger partial charge in [-0.05, 0) is 31.5 Å². The Morgan fingerprint density at radius 2 is 2.31 bits per heavy atom. The molecule has 3 rings (SSSR count). The zero-order valence-corrected chi connectivity index (χ0v) is 10.4. The summed E-state index contributed by atoms with van der Waals surface area (Å²) < 4.78 is 3.10. The second-order valence-electron chi connectivity index (χ2n) is 4.13. The number of pyridine rings is 1. The van der Waals surface area contributed by atoms with Crippen LogP contribution < -0.4 is 5.32 Å². The third-order valence-electron chi connectivity index (χ3n) is 3.02. The maximum absolute atomic E-state index is 4.29. The number of nitrogens with one attached hydrogen (secondary N) is 1. The molecule has 0 radical (unpaired) electrons. The lowest BCUT2D eigenvalue weighted by molar-refractivity contribution is 0.395. The summed E-state index contributed by atoms with van der Waals surface area (Å²) in [5.41, 5.74) is 0.900. The molecule has 1 N–H and O–H groups in total. The molecule has 1 aliphatic heterocycles. The lowest BCUT2D eigenvalue weighted by atomic mass is 10.0. The molecule has 16 heavy (non-hydrogen) atoms. The van der Waals surface area contributed by atoms with E-state index in [0.717, 1.165) is 28.9 Å². The number of halogens is 1. The Labute approximate surface area is 102 Å². The molecule has 0 spiro atoms. The number of nitrogens with zero attached hydrogens (tertiary/aromatic N) is 3. The molecule has 3 heterocycles. The second kappa shape index (κ2) is 4.14. The Morgan fingerprint density at radius 1 is 1.38 bits per heavy atom. The van der Waals surface area contributed by atoms with Gasteiger partial charge in [0.25, 0.3) is 0 Å². The van der Waals surface area contributed by atoms with Crippen LogP contribution in [0.25, 0.3) is 5.65 Å². The zero-order chi connectivity index (χ0) is 11.0. The molecule has 4 nitrogen and oxygen atoms in total. The molecule has 5 heteroatoms. The minimum absolute atomic E-state index is 0.352. The van der Waals surface area contributed by atoms with Gasteiger partial charge in [-0.25, -0.2) is 0 Å². The second-order valence-corrected chi connectivity index (χ2v) is 5.05. The third-order valence-corrected chi connectivity index (χ3v) is 3.51. The molecule has 1 saturated heterocycles. The smallest absolute Gasteiger partial charge is 0.161 e. The topological polar surface area (TPSA) is 42.2 Å². The Balaban J connectivity index is 2.03. The number of piperidine rings is 1. The maximum Gasteiger partial charge on any atom is 0.161 e. The Kier molecular flexibility index (Phi) is 2.65. The fourth-order valence-corrected chi connectivity index (χ4v) is 2.52. The maximum atomic E-state index is 4.29. The summed E-state index contributed by atoms with van der Waals surface area (Å²) in [7, 11) is 0. The molecule has 0 saturated carbocycles. The average molecular weight is 281 g/mol. The fourth-order valence-electron chi connectivity index (χ4n) is 2.19. The van der Waals surface area contributed by atoms with Gasteiger partial charge in [0, 0.05) is 10.7 Å². The van der Waals surface area contributed by atoms with Crippen LogP contribution in [0.5, 0.6) is 0 Å². The summed E-state index contributed by atoms with van der Waals surface area (Å²) in [4.78, 5) is 0. The van der Waals surface area contributed by atoms with Crippen molar-refractivity contribution in [2.45, 2.75) is 25.3 Å². The molecule has 2 aromatic rings. The van der Waals surface area contributed by atoms with Gasteiger partial charge in [-0.2, -0.15) is 0 Å². The van der Waals surface area contributed by atoms with E-state index in [4.69, 9.17) is 0 Å². The third kappa shape index (κ3) is 1.74. The Bertz CT molecular complexity index is 502. The molecule has 0 amide bonds. The van der Waals surface area contributed by atoms with Crippen molar-refractivity contribution in [3.8, 4) is 0 Å². The Hall–Kier alpha value is -0.940. The molecular formula is C11H13BrN4. The van der Waals surface area contributed by atoms with Crippen LogP contribution in [-0.2, 0) is 0 Å². The van der Waals surface area contributed by atoms with Crippen LogP contribution in [0.3, 0.4) is 0 Å². The van der Waals surface area contributed by atoms with E-state index in [2.05, 4.69) is 35.8 Å². The van der Waals surface area contributed by atoms with Crippen molar-refractivity contribution in [3.63, 3.8) is 0 Å². The van der Waals surface area contributed by atoms with E-state index in [1.807, 2.05) is 18.3 Å². The summed E-state index contributed by atoms with van der Waals surface area (Å²) in [5.74, 6) is 1.03. The van der Waals surface area contributed by atoms with E-state index in [9.17, 15) is 0 Å². The molecule has 0 aliphatic carbocycles. The molecule has 0 aromatic carbocycles. The van der Waals surface area contributed by atoms with E-state index in [0.29, 0.717) is 6.04 Å². The van der Waals surface area contributed by atoms with Gasteiger partial charge in [-0.15, -0.1) is 10.2 Å². The molecule has 84 valence electrons. The summed E-state index contributed by atoms with van der Waals surface area (Å²) in [6, 6.07) is 4.35. The minimum atomic E-state index is 0.352. The SMILES string of the molecule is Brc1ccn2c(C3CCCCN3)nnc2c1. The van der Waals surface area contributed by atoms with Crippen LogP contribution in [0.4, 0.5) is 0 Å². The summed E-state index contributed by atoms with van der Waals surface area (Å²) in [6.45, 7) is 1.08. The van der Waals surface area contributed by atoms with Crippen molar-refractivity contribution in [1.29, 1.82) is 0 Å². The first-order chi connectivity index (χ1) is 7.84. The predicted molar refractivity (Wildman–Crippen MR) is 65.3 cm³/mol. The highest BCUT2D eigenvalue weighted by atomic mass is 79.9. The van der Waals surface area contributed by atoms with Gasteiger partial charge in [0.2, 0.25) is 0 Å². The Morgan fingerprint density at radius 3 is 3.12 bits per heavy atom. The molecule has 2 aromatic heterocycles. The molecule has 1 fully saturated rings. The molecule has 1 atom stereocenters. The van der Waals surface area contributed by atoms with Crippen LogP contribution in [0.2, 0.25) is 0 Å². The monoisotopic (exact) mass is 280 g/mol. The van der Waals surface area contributed by atoms with E-state index < -0.39 is 0 Å². The van der Waals surface area contributed by atoms with Crippen LogP contribution in [-0.4, -0.2) is 21.1 Å². The zero-order valence-electron chi connectivity index (χ0n) is 8.86. The first-order valence-corrected chi connectivity index (χ1v) is 6.37. The van der Waals surface area contributed by atoms with Gasteiger partial charge in [-0.3, -0.25) is 4.40 Å². The lowest BCUT2D eigenvalue weighted by Gasteiger charge is -2.21. The summed E-state index contributed by atoms with van der Waals surface area (Å²) >= 11 is 3.44. The lowest BCUT2D eigenvalue weighted by Crippen LogP contribution is -2.28. The first-order valence-electron chi connectivity index (χ1n) is 5.58. The minimum Gasteiger partial charge on any atom is -0.307 e.